The number of nitrogens with zero attached hydrogens (tertiary/aromatic N) is 2. The van der Waals surface area contributed by atoms with E-state index >= 15 is 0 Å². The summed E-state index contributed by atoms with van der Waals surface area (Å²) in [6.07, 6.45) is -0.868. The highest BCUT2D eigenvalue weighted by Gasteiger charge is 2.14. The maximum atomic E-state index is 11.4. The zero-order valence-electron chi connectivity index (χ0n) is 10.8. The van der Waals surface area contributed by atoms with Crippen molar-refractivity contribution in [1.29, 1.82) is 0 Å². The van der Waals surface area contributed by atoms with Crippen molar-refractivity contribution in [1.82, 2.24) is 5.43 Å². The molecule has 1 aromatic carbocycles. The monoisotopic (exact) mass is 310 g/mol. The van der Waals surface area contributed by atoms with Crippen LogP contribution in [0.3, 0.4) is 0 Å². The number of rotatable bonds is 6. The van der Waals surface area contributed by atoms with Gasteiger partial charge in [-0.15, -0.1) is 0 Å². The molecule has 116 valence electrons. The Morgan fingerprint density at radius 2 is 1.77 bits per heavy atom. The third-order valence-electron chi connectivity index (χ3n) is 2.19. The molecule has 4 N–H and O–H groups in total. The number of benzene rings is 1. The van der Waals surface area contributed by atoms with Crippen LogP contribution in [0.25, 0.3) is 0 Å². The van der Waals surface area contributed by atoms with E-state index in [2.05, 4.69) is 10.4 Å². The number of hydrazone groups is 1. The standard InChI is InChI=1S/C11H10N4O7/c16-9(17)5-8(10(18)19)13-14-11(20)12-6-1-3-7(4-2-6)15(21)22/h1-4H,5H2,(H,16,17)(H,18,19)(H2,12,14,20). The molecular formula is C11H10N4O7. The van der Waals surface area contributed by atoms with Crippen LogP contribution in [0.1, 0.15) is 6.42 Å². The summed E-state index contributed by atoms with van der Waals surface area (Å²) in [6, 6.07) is 3.91. The summed E-state index contributed by atoms with van der Waals surface area (Å²) in [5, 5.41) is 33.0. The second kappa shape index (κ2) is 7.33. The van der Waals surface area contributed by atoms with E-state index in [-0.39, 0.29) is 11.4 Å². The molecule has 11 nitrogen and oxygen atoms in total. The van der Waals surface area contributed by atoms with Gasteiger partial charge in [0.1, 0.15) is 0 Å². The summed E-state index contributed by atoms with van der Waals surface area (Å²) in [5.74, 6) is -3.00. The Kier molecular flexibility index (Phi) is 5.51. The number of hydrogen-bond acceptors (Lipinski definition) is 6. The summed E-state index contributed by atoms with van der Waals surface area (Å²) in [7, 11) is 0. The van der Waals surface area contributed by atoms with Crippen molar-refractivity contribution in [3.8, 4) is 0 Å². The van der Waals surface area contributed by atoms with Gasteiger partial charge in [0, 0.05) is 17.8 Å². The first-order chi connectivity index (χ1) is 10.3. The lowest BCUT2D eigenvalue weighted by atomic mass is 10.3. The molecule has 0 saturated heterocycles. The minimum absolute atomic E-state index is 0.168. The number of nitro groups is 1. The summed E-state index contributed by atoms with van der Waals surface area (Å²) in [5.41, 5.74) is 1.09. The summed E-state index contributed by atoms with van der Waals surface area (Å²) < 4.78 is 0. The van der Waals surface area contributed by atoms with Gasteiger partial charge in [0.25, 0.3) is 5.69 Å². The molecule has 0 spiro atoms. The van der Waals surface area contributed by atoms with E-state index in [1.165, 1.54) is 12.1 Å². The van der Waals surface area contributed by atoms with Crippen molar-refractivity contribution in [3.05, 3.63) is 34.4 Å². The normalized spacial score (nSPS) is 10.6. The minimum Gasteiger partial charge on any atom is -0.481 e. The maximum absolute atomic E-state index is 11.4. The molecule has 0 aliphatic heterocycles. The van der Waals surface area contributed by atoms with Crippen LogP contribution in [0.5, 0.6) is 0 Å². The van der Waals surface area contributed by atoms with Crippen molar-refractivity contribution in [2.45, 2.75) is 6.42 Å². The topological polar surface area (TPSA) is 171 Å². The molecule has 2 amide bonds. The van der Waals surface area contributed by atoms with Crippen LogP contribution < -0.4 is 10.7 Å². The highest BCUT2D eigenvalue weighted by Crippen LogP contribution is 2.15. The first-order valence-electron chi connectivity index (χ1n) is 5.62. The number of anilines is 1. The number of nitrogens with one attached hydrogen (secondary N) is 2. The van der Waals surface area contributed by atoms with Gasteiger partial charge in [0.2, 0.25) is 0 Å². The van der Waals surface area contributed by atoms with Gasteiger partial charge < -0.3 is 15.5 Å². The molecule has 0 saturated carbocycles. The smallest absolute Gasteiger partial charge is 0.352 e. The van der Waals surface area contributed by atoms with Crippen LogP contribution in [-0.2, 0) is 9.59 Å². The predicted octanol–water partition coefficient (Wildman–Crippen LogP) is 0.632. The van der Waals surface area contributed by atoms with Crippen LogP contribution >= 0.6 is 0 Å². The lowest BCUT2D eigenvalue weighted by Gasteiger charge is -2.04. The molecule has 0 bridgehead atoms. The molecule has 0 unspecified atom stereocenters. The van der Waals surface area contributed by atoms with Gasteiger partial charge in [-0.1, -0.05) is 0 Å². The Labute approximate surface area is 122 Å². The fourth-order valence-corrected chi connectivity index (χ4v) is 1.25. The molecular weight excluding hydrogens is 300 g/mol. The third-order valence-corrected chi connectivity index (χ3v) is 2.19. The van der Waals surface area contributed by atoms with Crippen LogP contribution in [0.2, 0.25) is 0 Å². The summed E-state index contributed by atoms with van der Waals surface area (Å²) in [4.78, 5) is 42.4. The van der Waals surface area contributed by atoms with Gasteiger partial charge >= 0.3 is 18.0 Å². The Morgan fingerprint density at radius 1 is 1.18 bits per heavy atom. The van der Waals surface area contributed by atoms with E-state index in [0.29, 0.717) is 0 Å². The third kappa shape index (κ3) is 5.24. The zero-order chi connectivity index (χ0) is 16.7. The molecule has 0 aliphatic rings. The summed E-state index contributed by atoms with van der Waals surface area (Å²) >= 11 is 0. The Bertz CT molecular complexity index is 638. The average Bonchev–Trinajstić information content (AvgIpc) is 2.43. The number of carbonyl (C=O) groups is 3. The molecule has 22 heavy (non-hydrogen) atoms. The fraction of sp³-hybridized carbons (Fsp3) is 0.0909. The molecule has 0 heterocycles. The minimum atomic E-state index is -1.59. The van der Waals surface area contributed by atoms with E-state index in [9.17, 15) is 24.5 Å². The number of hydrogen-bond donors (Lipinski definition) is 4. The maximum Gasteiger partial charge on any atom is 0.352 e. The second-order valence-electron chi connectivity index (χ2n) is 3.80. The zero-order valence-corrected chi connectivity index (χ0v) is 10.8. The molecule has 0 radical (unpaired) electrons. The van der Waals surface area contributed by atoms with E-state index < -0.39 is 35.0 Å². The number of carboxylic acid groups (broad SMARTS) is 2. The van der Waals surface area contributed by atoms with E-state index in [1.807, 2.05) is 5.43 Å². The van der Waals surface area contributed by atoms with Crippen molar-refractivity contribution in [2.24, 2.45) is 5.10 Å². The Morgan fingerprint density at radius 3 is 2.23 bits per heavy atom. The van der Waals surface area contributed by atoms with Gasteiger partial charge in [-0.2, -0.15) is 5.10 Å². The fourth-order valence-electron chi connectivity index (χ4n) is 1.25. The quantitative estimate of drug-likeness (QED) is 0.339. The highest BCUT2D eigenvalue weighted by atomic mass is 16.6. The number of carbonyl (C=O) groups excluding carboxylic acids is 1. The molecule has 0 aromatic heterocycles. The number of nitro benzene ring substituents is 1. The van der Waals surface area contributed by atoms with Gasteiger partial charge in [-0.25, -0.2) is 15.0 Å². The van der Waals surface area contributed by atoms with Crippen LogP contribution in [-0.4, -0.2) is 38.8 Å². The number of amides is 2. The largest absolute Gasteiger partial charge is 0.481 e. The molecule has 0 aliphatic carbocycles. The molecule has 1 aromatic rings. The SMILES string of the molecule is O=C(O)CC(=NNC(=O)Nc1ccc([N+](=O)[O-])cc1)C(=O)O. The second-order valence-corrected chi connectivity index (χ2v) is 3.80. The highest BCUT2D eigenvalue weighted by molar-refractivity contribution is 6.38. The van der Waals surface area contributed by atoms with Crippen molar-refractivity contribution in [3.63, 3.8) is 0 Å². The van der Waals surface area contributed by atoms with Crippen molar-refractivity contribution in [2.75, 3.05) is 5.32 Å². The summed E-state index contributed by atoms with van der Waals surface area (Å²) in [6.45, 7) is 0. The Balaban J connectivity index is 2.67. The van der Waals surface area contributed by atoms with Gasteiger partial charge in [-0.05, 0) is 12.1 Å². The number of aliphatic carboxylic acids is 2. The van der Waals surface area contributed by atoms with E-state index in [4.69, 9.17) is 10.2 Å². The van der Waals surface area contributed by atoms with Crippen LogP contribution in [0.15, 0.2) is 29.4 Å². The van der Waals surface area contributed by atoms with Gasteiger partial charge in [0.15, 0.2) is 5.71 Å². The number of urea groups is 1. The predicted molar refractivity (Wildman–Crippen MR) is 72.6 cm³/mol. The molecule has 0 fully saturated rings. The van der Waals surface area contributed by atoms with Gasteiger partial charge in [-0.3, -0.25) is 14.9 Å². The van der Waals surface area contributed by atoms with Crippen LogP contribution in [0, 0.1) is 10.1 Å². The molecule has 0 atom stereocenters. The number of non-ortho nitro benzene ring substituents is 1. The molecule has 11 heteroatoms. The van der Waals surface area contributed by atoms with Crippen LogP contribution in [0.4, 0.5) is 16.2 Å². The van der Waals surface area contributed by atoms with E-state index in [1.54, 1.807) is 0 Å². The van der Waals surface area contributed by atoms with Crippen molar-refractivity contribution < 1.29 is 29.5 Å². The number of carboxylic acids is 2. The first-order valence-corrected chi connectivity index (χ1v) is 5.62. The van der Waals surface area contributed by atoms with Crippen molar-refractivity contribution >= 4 is 35.1 Å². The first kappa shape index (κ1) is 16.6. The average molecular weight is 310 g/mol. The van der Waals surface area contributed by atoms with Gasteiger partial charge in [0.05, 0.1) is 11.3 Å². The molecule has 1 rings (SSSR count). The lowest BCUT2D eigenvalue weighted by Crippen LogP contribution is -2.28. The van der Waals surface area contributed by atoms with E-state index in [0.717, 1.165) is 12.1 Å². The lowest BCUT2D eigenvalue weighted by molar-refractivity contribution is -0.384. The Hall–Kier alpha value is -3.50.